The number of hydrogen-bond acceptors (Lipinski definition) is 2. The third kappa shape index (κ3) is 2.02. The Labute approximate surface area is 107 Å². The van der Waals surface area contributed by atoms with Crippen LogP contribution in [0.1, 0.15) is 15.9 Å². The maximum Gasteiger partial charge on any atom is 0.182 e. The highest BCUT2D eigenvalue weighted by Gasteiger charge is 2.20. The summed E-state index contributed by atoms with van der Waals surface area (Å²) in [6.45, 7) is 1.42. The quantitative estimate of drug-likeness (QED) is 0.765. The molecule has 0 atom stereocenters. The molecule has 0 fully saturated rings. The first kappa shape index (κ1) is 11.0. The van der Waals surface area contributed by atoms with Gasteiger partial charge in [0.25, 0.3) is 0 Å². The molecule has 0 saturated heterocycles. The number of nitrogens with zero attached hydrogens (tertiary/aromatic N) is 1. The van der Waals surface area contributed by atoms with E-state index in [0.717, 1.165) is 18.5 Å². The fourth-order valence-corrected chi connectivity index (χ4v) is 2.46. The van der Waals surface area contributed by atoms with E-state index in [4.69, 9.17) is 0 Å². The average molecular weight is 237 g/mol. The van der Waals surface area contributed by atoms with Gasteiger partial charge in [-0.15, -0.1) is 0 Å². The molecule has 1 aliphatic rings. The van der Waals surface area contributed by atoms with Gasteiger partial charge in [0.15, 0.2) is 5.78 Å². The van der Waals surface area contributed by atoms with Crippen molar-refractivity contribution in [2.75, 3.05) is 18.0 Å². The minimum absolute atomic E-state index is 0.187. The first-order chi connectivity index (χ1) is 8.84. The standard InChI is InChI=1S/C16H15NO/c18-16(14-7-2-1-3-8-14)12-17-11-10-13-6-4-5-9-15(13)17/h1-9H,10-12H2. The number of para-hydroxylation sites is 1. The molecule has 0 aromatic heterocycles. The molecule has 0 unspecified atom stereocenters. The lowest BCUT2D eigenvalue weighted by Gasteiger charge is -2.18. The maximum atomic E-state index is 12.2. The monoisotopic (exact) mass is 237 g/mol. The van der Waals surface area contributed by atoms with Crippen LogP contribution in [0.2, 0.25) is 0 Å². The zero-order chi connectivity index (χ0) is 12.4. The van der Waals surface area contributed by atoms with Gasteiger partial charge >= 0.3 is 0 Å². The number of carbonyl (C=O) groups excluding carboxylic acids is 1. The predicted octanol–water partition coefficient (Wildman–Crippen LogP) is 2.93. The van der Waals surface area contributed by atoms with Gasteiger partial charge in [-0.2, -0.15) is 0 Å². The molecule has 2 heteroatoms. The molecule has 0 N–H and O–H groups in total. The molecular weight excluding hydrogens is 222 g/mol. The Balaban J connectivity index is 1.77. The Bertz CT molecular complexity index is 562. The molecule has 1 heterocycles. The second-order valence-electron chi connectivity index (χ2n) is 4.59. The van der Waals surface area contributed by atoms with Crippen molar-refractivity contribution in [1.29, 1.82) is 0 Å². The fraction of sp³-hybridized carbons (Fsp3) is 0.188. The van der Waals surface area contributed by atoms with E-state index in [-0.39, 0.29) is 5.78 Å². The number of anilines is 1. The smallest absolute Gasteiger partial charge is 0.182 e. The van der Waals surface area contributed by atoms with Gasteiger partial charge in [-0.25, -0.2) is 0 Å². The van der Waals surface area contributed by atoms with E-state index in [1.54, 1.807) is 0 Å². The van der Waals surface area contributed by atoms with Crippen molar-refractivity contribution in [2.45, 2.75) is 6.42 Å². The van der Waals surface area contributed by atoms with Crippen LogP contribution >= 0.6 is 0 Å². The number of carbonyl (C=O) groups is 1. The van der Waals surface area contributed by atoms with Crippen LogP contribution in [-0.4, -0.2) is 18.9 Å². The molecule has 0 saturated carbocycles. The zero-order valence-electron chi connectivity index (χ0n) is 10.2. The van der Waals surface area contributed by atoms with Crippen LogP contribution in [-0.2, 0) is 6.42 Å². The molecular formula is C16H15NO. The number of fused-ring (bicyclic) bond motifs is 1. The van der Waals surface area contributed by atoms with Gasteiger partial charge in [0.2, 0.25) is 0 Å². The second-order valence-corrected chi connectivity index (χ2v) is 4.59. The van der Waals surface area contributed by atoms with Gasteiger partial charge in [-0.3, -0.25) is 4.79 Å². The van der Waals surface area contributed by atoms with Crippen molar-refractivity contribution < 1.29 is 4.79 Å². The van der Waals surface area contributed by atoms with Crippen molar-refractivity contribution in [3.05, 3.63) is 65.7 Å². The summed E-state index contributed by atoms with van der Waals surface area (Å²) >= 11 is 0. The third-order valence-electron chi connectivity index (χ3n) is 3.41. The lowest BCUT2D eigenvalue weighted by Crippen LogP contribution is -2.27. The second kappa shape index (κ2) is 4.65. The van der Waals surface area contributed by atoms with Crippen LogP contribution in [0.5, 0.6) is 0 Å². The molecule has 1 aliphatic heterocycles. The van der Waals surface area contributed by atoms with E-state index in [0.29, 0.717) is 6.54 Å². The summed E-state index contributed by atoms with van der Waals surface area (Å²) < 4.78 is 0. The molecule has 0 radical (unpaired) electrons. The molecule has 2 nitrogen and oxygen atoms in total. The van der Waals surface area contributed by atoms with Gasteiger partial charge in [0.05, 0.1) is 6.54 Å². The van der Waals surface area contributed by atoms with Gasteiger partial charge < -0.3 is 4.90 Å². The Kier molecular flexibility index (Phi) is 2.85. The summed E-state index contributed by atoms with van der Waals surface area (Å²) in [4.78, 5) is 14.3. The van der Waals surface area contributed by atoms with E-state index in [1.165, 1.54) is 11.3 Å². The molecule has 3 rings (SSSR count). The minimum Gasteiger partial charge on any atom is -0.363 e. The fourth-order valence-electron chi connectivity index (χ4n) is 2.46. The van der Waals surface area contributed by atoms with Crippen LogP contribution in [0.25, 0.3) is 0 Å². The van der Waals surface area contributed by atoms with Crippen LogP contribution in [0, 0.1) is 0 Å². The van der Waals surface area contributed by atoms with Crippen molar-refractivity contribution in [1.82, 2.24) is 0 Å². The maximum absolute atomic E-state index is 12.2. The van der Waals surface area contributed by atoms with Crippen LogP contribution in [0.4, 0.5) is 5.69 Å². The molecule has 0 amide bonds. The van der Waals surface area contributed by atoms with E-state index in [1.807, 2.05) is 36.4 Å². The topological polar surface area (TPSA) is 20.3 Å². The van der Waals surface area contributed by atoms with Crippen LogP contribution in [0.3, 0.4) is 0 Å². The summed E-state index contributed by atoms with van der Waals surface area (Å²) in [5.74, 6) is 0.187. The van der Waals surface area contributed by atoms with Gasteiger partial charge in [0, 0.05) is 17.8 Å². The van der Waals surface area contributed by atoms with Crippen molar-refractivity contribution >= 4 is 11.5 Å². The summed E-state index contributed by atoms with van der Waals surface area (Å²) in [6, 6.07) is 17.8. The molecule has 2 aromatic rings. The van der Waals surface area contributed by atoms with E-state index < -0.39 is 0 Å². The third-order valence-corrected chi connectivity index (χ3v) is 3.41. The average Bonchev–Trinajstić information content (AvgIpc) is 2.83. The molecule has 0 bridgehead atoms. The Morgan fingerprint density at radius 2 is 1.72 bits per heavy atom. The Morgan fingerprint density at radius 1 is 1.00 bits per heavy atom. The van der Waals surface area contributed by atoms with Crippen LogP contribution in [0.15, 0.2) is 54.6 Å². The van der Waals surface area contributed by atoms with E-state index in [2.05, 4.69) is 23.1 Å². The highest BCUT2D eigenvalue weighted by Crippen LogP contribution is 2.27. The Morgan fingerprint density at radius 3 is 2.56 bits per heavy atom. The number of benzene rings is 2. The summed E-state index contributed by atoms with van der Waals surface area (Å²) in [5, 5.41) is 0. The van der Waals surface area contributed by atoms with Gasteiger partial charge in [-0.05, 0) is 18.1 Å². The lowest BCUT2D eigenvalue weighted by atomic mass is 10.1. The molecule has 18 heavy (non-hydrogen) atoms. The van der Waals surface area contributed by atoms with Crippen molar-refractivity contribution in [3.63, 3.8) is 0 Å². The molecule has 0 spiro atoms. The van der Waals surface area contributed by atoms with Crippen molar-refractivity contribution in [2.24, 2.45) is 0 Å². The number of hydrogen-bond donors (Lipinski definition) is 0. The molecule has 90 valence electrons. The summed E-state index contributed by atoms with van der Waals surface area (Å²) in [6.07, 6.45) is 1.04. The minimum atomic E-state index is 0.187. The number of rotatable bonds is 3. The van der Waals surface area contributed by atoms with Gasteiger partial charge in [0.1, 0.15) is 0 Å². The zero-order valence-corrected chi connectivity index (χ0v) is 10.2. The first-order valence-corrected chi connectivity index (χ1v) is 6.26. The first-order valence-electron chi connectivity index (χ1n) is 6.26. The molecule has 0 aliphatic carbocycles. The van der Waals surface area contributed by atoms with Crippen molar-refractivity contribution in [3.8, 4) is 0 Å². The van der Waals surface area contributed by atoms with Crippen LogP contribution < -0.4 is 4.90 Å². The SMILES string of the molecule is O=C(CN1CCc2ccccc21)c1ccccc1. The van der Waals surface area contributed by atoms with Gasteiger partial charge in [-0.1, -0.05) is 48.5 Å². The largest absolute Gasteiger partial charge is 0.363 e. The lowest BCUT2D eigenvalue weighted by molar-refractivity contribution is 0.0999. The summed E-state index contributed by atoms with van der Waals surface area (Å²) in [7, 11) is 0. The normalized spacial score (nSPS) is 13.4. The molecule has 2 aromatic carbocycles. The van der Waals surface area contributed by atoms with E-state index in [9.17, 15) is 4.79 Å². The van der Waals surface area contributed by atoms with E-state index >= 15 is 0 Å². The highest BCUT2D eigenvalue weighted by atomic mass is 16.1. The Hall–Kier alpha value is -2.09. The predicted molar refractivity (Wildman–Crippen MR) is 73.1 cm³/mol. The highest BCUT2D eigenvalue weighted by molar-refractivity contribution is 5.99. The summed E-state index contributed by atoms with van der Waals surface area (Å²) in [5.41, 5.74) is 3.35. The number of Topliss-reactive ketones (excluding diaryl/α,β-unsaturated/α-hetero) is 1. The number of ketones is 1.